The highest BCUT2D eigenvalue weighted by molar-refractivity contribution is 5.99. The molecule has 156 valence electrons. The van der Waals surface area contributed by atoms with Crippen LogP contribution in [-0.4, -0.2) is 28.2 Å². The minimum absolute atomic E-state index is 0.0335. The third-order valence-corrected chi connectivity index (χ3v) is 4.09. The van der Waals surface area contributed by atoms with Crippen molar-refractivity contribution in [1.29, 1.82) is 0 Å². The Balaban J connectivity index is 1.57. The maximum absolute atomic E-state index is 12.2. The highest BCUT2D eigenvalue weighted by Crippen LogP contribution is 2.24. The summed E-state index contributed by atoms with van der Waals surface area (Å²) < 4.78 is 10.5. The van der Waals surface area contributed by atoms with Crippen LogP contribution >= 0.6 is 0 Å². The number of non-ortho nitro benzene ring substituents is 2. The van der Waals surface area contributed by atoms with Gasteiger partial charge in [0.25, 0.3) is 11.4 Å². The zero-order valence-electron chi connectivity index (χ0n) is 15.8. The number of Topliss-reactive ketones (excluding diaryl/α,β-unsaturated/α-hetero) is 1. The van der Waals surface area contributed by atoms with Gasteiger partial charge in [-0.2, -0.15) is 0 Å². The second-order valence-corrected chi connectivity index (χ2v) is 6.18. The van der Waals surface area contributed by atoms with Gasteiger partial charge in [-0.1, -0.05) is 6.07 Å². The first kappa shape index (κ1) is 21.1. The fraction of sp³-hybridized carbons (Fsp3) is 0.0476. The zero-order valence-corrected chi connectivity index (χ0v) is 15.8. The van der Waals surface area contributed by atoms with E-state index in [9.17, 15) is 29.8 Å². The van der Waals surface area contributed by atoms with E-state index in [2.05, 4.69) is 0 Å². The fourth-order valence-electron chi connectivity index (χ4n) is 2.53. The second-order valence-electron chi connectivity index (χ2n) is 6.18. The number of esters is 1. The molecule has 0 saturated heterocycles. The van der Waals surface area contributed by atoms with E-state index >= 15 is 0 Å². The number of hydrogen-bond donors (Lipinski definition) is 0. The van der Waals surface area contributed by atoms with Crippen LogP contribution in [0.4, 0.5) is 11.4 Å². The van der Waals surface area contributed by atoms with Crippen molar-refractivity contribution in [2.75, 3.05) is 6.61 Å². The third-order valence-electron chi connectivity index (χ3n) is 4.09. The summed E-state index contributed by atoms with van der Waals surface area (Å²) in [5.41, 5.74) is -0.0888. The van der Waals surface area contributed by atoms with Gasteiger partial charge in [0, 0.05) is 29.8 Å². The summed E-state index contributed by atoms with van der Waals surface area (Å²) in [4.78, 5) is 44.5. The Morgan fingerprint density at radius 2 is 1.32 bits per heavy atom. The molecule has 0 N–H and O–H groups in total. The van der Waals surface area contributed by atoms with Crippen LogP contribution in [0.3, 0.4) is 0 Å². The monoisotopic (exact) mass is 422 g/mol. The highest BCUT2D eigenvalue weighted by Gasteiger charge is 2.15. The molecule has 0 radical (unpaired) electrons. The Hall–Kier alpha value is -4.60. The number of hydrogen-bond acceptors (Lipinski definition) is 8. The smallest absolute Gasteiger partial charge is 0.338 e. The van der Waals surface area contributed by atoms with E-state index in [1.807, 2.05) is 0 Å². The van der Waals surface area contributed by atoms with E-state index in [1.165, 1.54) is 66.7 Å². The predicted molar refractivity (Wildman–Crippen MR) is 107 cm³/mol. The Labute approximate surface area is 174 Å². The average molecular weight is 422 g/mol. The molecule has 3 aromatic rings. The minimum atomic E-state index is -0.852. The van der Waals surface area contributed by atoms with Crippen LogP contribution < -0.4 is 4.74 Å². The van der Waals surface area contributed by atoms with Gasteiger partial charge in [0.1, 0.15) is 11.5 Å². The lowest BCUT2D eigenvalue weighted by molar-refractivity contribution is -0.385. The number of carbonyl (C=O) groups excluding carboxylic acids is 2. The van der Waals surface area contributed by atoms with Gasteiger partial charge in [0.05, 0.1) is 15.4 Å². The van der Waals surface area contributed by atoms with Crippen molar-refractivity contribution >= 4 is 23.1 Å². The van der Waals surface area contributed by atoms with Gasteiger partial charge < -0.3 is 9.47 Å². The lowest BCUT2D eigenvalue weighted by atomic mass is 10.1. The van der Waals surface area contributed by atoms with Gasteiger partial charge in [-0.15, -0.1) is 0 Å². The van der Waals surface area contributed by atoms with Crippen molar-refractivity contribution in [1.82, 2.24) is 0 Å². The molecule has 0 atom stereocenters. The molecule has 0 spiro atoms. The summed E-state index contributed by atoms with van der Waals surface area (Å²) in [5.74, 6) is -0.537. The number of benzene rings is 3. The van der Waals surface area contributed by atoms with Crippen LogP contribution in [0.2, 0.25) is 0 Å². The molecular weight excluding hydrogens is 408 g/mol. The topological polar surface area (TPSA) is 139 Å². The minimum Gasteiger partial charge on any atom is -0.457 e. The van der Waals surface area contributed by atoms with Gasteiger partial charge in [-0.25, -0.2) is 4.79 Å². The second kappa shape index (κ2) is 9.27. The van der Waals surface area contributed by atoms with E-state index in [4.69, 9.17) is 9.47 Å². The molecule has 0 aliphatic rings. The van der Waals surface area contributed by atoms with Crippen molar-refractivity contribution in [3.8, 4) is 11.5 Å². The van der Waals surface area contributed by atoms with Crippen molar-refractivity contribution in [2.24, 2.45) is 0 Å². The van der Waals surface area contributed by atoms with Gasteiger partial charge in [0.15, 0.2) is 12.4 Å². The van der Waals surface area contributed by atoms with Gasteiger partial charge in [-0.05, 0) is 42.5 Å². The van der Waals surface area contributed by atoms with Crippen molar-refractivity contribution in [2.45, 2.75) is 0 Å². The Morgan fingerprint density at radius 1 is 0.742 bits per heavy atom. The molecule has 0 unspecified atom stereocenters. The molecule has 31 heavy (non-hydrogen) atoms. The van der Waals surface area contributed by atoms with Crippen LogP contribution in [0.25, 0.3) is 0 Å². The standard InChI is InChI=1S/C21H14N2O8/c24-20(13-30-21(25)15-2-1-3-17(12-15)23(28)29)14-4-8-18(9-5-14)31-19-10-6-16(7-11-19)22(26)27/h1-12H,13H2. The van der Waals surface area contributed by atoms with Crippen molar-refractivity contribution < 1.29 is 28.9 Å². The van der Waals surface area contributed by atoms with Crippen molar-refractivity contribution in [3.63, 3.8) is 0 Å². The SMILES string of the molecule is O=C(COC(=O)c1cccc([N+](=O)[O-])c1)c1ccc(Oc2ccc([N+](=O)[O-])cc2)cc1. The normalized spacial score (nSPS) is 10.2. The quantitative estimate of drug-likeness (QED) is 0.226. The highest BCUT2D eigenvalue weighted by atomic mass is 16.6. The number of rotatable bonds is 8. The van der Waals surface area contributed by atoms with Crippen LogP contribution in [0.1, 0.15) is 20.7 Å². The molecule has 10 heteroatoms. The summed E-state index contributed by atoms with van der Waals surface area (Å²) in [6.07, 6.45) is 0. The summed E-state index contributed by atoms with van der Waals surface area (Å²) in [6, 6.07) is 16.5. The number of ketones is 1. The van der Waals surface area contributed by atoms with E-state index in [1.54, 1.807) is 0 Å². The lowest BCUT2D eigenvalue weighted by Crippen LogP contribution is -2.14. The molecular formula is C21H14N2O8. The number of nitro groups is 2. The van der Waals surface area contributed by atoms with Gasteiger partial charge in [0.2, 0.25) is 0 Å². The van der Waals surface area contributed by atoms with Crippen LogP contribution in [0.15, 0.2) is 72.8 Å². The Morgan fingerprint density at radius 3 is 1.90 bits per heavy atom. The summed E-state index contributed by atoms with van der Waals surface area (Å²) >= 11 is 0. The van der Waals surface area contributed by atoms with E-state index in [-0.39, 0.29) is 22.5 Å². The summed E-state index contributed by atoms with van der Waals surface area (Å²) in [6.45, 7) is -0.538. The average Bonchev–Trinajstić information content (AvgIpc) is 2.78. The molecule has 0 saturated carbocycles. The third kappa shape index (κ3) is 5.48. The first-order valence-corrected chi connectivity index (χ1v) is 8.80. The fourth-order valence-corrected chi connectivity index (χ4v) is 2.53. The molecule has 3 rings (SSSR count). The van der Waals surface area contributed by atoms with Gasteiger partial charge in [-0.3, -0.25) is 25.0 Å². The van der Waals surface area contributed by atoms with E-state index in [0.717, 1.165) is 6.07 Å². The molecule has 0 bridgehead atoms. The molecule has 0 aromatic heterocycles. The summed E-state index contributed by atoms with van der Waals surface area (Å²) in [7, 11) is 0. The number of carbonyl (C=O) groups is 2. The Kier molecular flexibility index (Phi) is 6.31. The molecule has 0 aliphatic heterocycles. The first-order chi connectivity index (χ1) is 14.8. The molecule has 0 heterocycles. The van der Waals surface area contributed by atoms with E-state index < -0.39 is 28.2 Å². The number of nitrogens with zero attached hydrogens (tertiary/aromatic N) is 2. The maximum atomic E-state index is 12.2. The van der Waals surface area contributed by atoms with Crippen LogP contribution in [0.5, 0.6) is 11.5 Å². The van der Waals surface area contributed by atoms with Gasteiger partial charge >= 0.3 is 5.97 Å². The largest absolute Gasteiger partial charge is 0.457 e. The molecule has 0 fully saturated rings. The molecule has 3 aromatic carbocycles. The lowest BCUT2D eigenvalue weighted by Gasteiger charge is -2.07. The first-order valence-electron chi connectivity index (χ1n) is 8.80. The van der Waals surface area contributed by atoms with Crippen LogP contribution in [0, 0.1) is 20.2 Å². The summed E-state index contributed by atoms with van der Waals surface area (Å²) in [5, 5.41) is 21.4. The molecule has 10 nitrogen and oxygen atoms in total. The Bertz CT molecular complexity index is 1140. The number of nitro benzene ring substituents is 2. The zero-order chi connectivity index (χ0) is 22.4. The predicted octanol–water partition coefficient (Wildman–Crippen LogP) is 4.34. The molecule has 0 amide bonds. The van der Waals surface area contributed by atoms with E-state index in [0.29, 0.717) is 11.5 Å². The molecule has 0 aliphatic carbocycles. The van der Waals surface area contributed by atoms with Crippen molar-refractivity contribution in [3.05, 3.63) is 104 Å². The number of ether oxygens (including phenoxy) is 2. The van der Waals surface area contributed by atoms with Crippen LogP contribution in [-0.2, 0) is 4.74 Å². The maximum Gasteiger partial charge on any atom is 0.338 e.